The van der Waals surface area contributed by atoms with Crippen molar-refractivity contribution < 1.29 is 13.6 Å². The Hall–Kier alpha value is -1.34. The van der Waals surface area contributed by atoms with Crippen LogP contribution in [-0.2, 0) is 0 Å². The van der Waals surface area contributed by atoms with Gasteiger partial charge in [0.15, 0.2) is 21.8 Å². The van der Waals surface area contributed by atoms with Crippen molar-refractivity contribution in [2.45, 2.75) is 16.5 Å². The van der Waals surface area contributed by atoms with E-state index >= 15 is 0 Å². The zero-order chi connectivity index (χ0) is 13.1. The summed E-state index contributed by atoms with van der Waals surface area (Å²) in [7, 11) is 0. The number of carbonyl (C=O) groups excluding carboxylic acids is 1. The summed E-state index contributed by atoms with van der Waals surface area (Å²) in [5.41, 5.74) is 0.151. The average molecular weight is 286 g/mol. The molecule has 0 N–H and O–H groups in total. The zero-order valence-electron chi connectivity index (χ0n) is 9.26. The van der Waals surface area contributed by atoms with Crippen molar-refractivity contribution >= 4 is 29.1 Å². The van der Waals surface area contributed by atoms with Crippen molar-refractivity contribution in [2.75, 3.05) is 0 Å². The number of thioether (sulfide) groups is 1. The van der Waals surface area contributed by atoms with Gasteiger partial charge in [-0.15, -0.1) is 0 Å². The first kappa shape index (κ1) is 13.1. The van der Waals surface area contributed by atoms with Gasteiger partial charge in [-0.3, -0.25) is 4.79 Å². The van der Waals surface area contributed by atoms with Crippen molar-refractivity contribution in [1.29, 1.82) is 0 Å². The molecule has 0 saturated carbocycles. The number of halogens is 2. The predicted octanol–water partition coefficient (Wildman–Crippen LogP) is 3.18. The number of benzene rings is 1. The second kappa shape index (κ2) is 5.53. The van der Waals surface area contributed by atoms with E-state index in [0.717, 1.165) is 12.1 Å². The third-order valence-corrected chi connectivity index (χ3v) is 4.04. The average Bonchev–Trinajstić information content (AvgIpc) is 2.84. The van der Waals surface area contributed by atoms with Gasteiger partial charge in [-0.1, -0.05) is 11.8 Å². The molecule has 3 nitrogen and oxygen atoms in total. The Kier molecular flexibility index (Phi) is 4.03. The number of Topliss-reactive ketones (excluding diaryl/α,β-unsaturated/α-hetero) is 1. The van der Waals surface area contributed by atoms with Crippen molar-refractivity contribution in [2.24, 2.45) is 0 Å². The number of nitrogens with zero attached hydrogens (tertiary/aromatic N) is 2. The van der Waals surface area contributed by atoms with Crippen LogP contribution in [0.25, 0.3) is 0 Å². The van der Waals surface area contributed by atoms with E-state index in [1.165, 1.54) is 35.7 Å². The Morgan fingerprint density at radius 2 is 2.17 bits per heavy atom. The molecule has 0 radical (unpaired) electrons. The lowest BCUT2D eigenvalue weighted by Gasteiger charge is -2.08. The molecule has 0 aliphatic carbocycles. The first-order valence-corrected chi connectivity index (χ1v) is 6.66. The van der Waals surface area contributed by atoms with E-state index in [2.05, 4.69) is 9.36 Å². The number of aromatic nitrogens is 2. The molecule has 0 aliphatic rings. The SMILES string of the molecule is CC(Sc1ncns1)C(=O)c1ccc(F)c(F)c1. The Morgan fingerprint density at radius 1 is 1.39 bits per heavy atom. The van der Waals surface area contributed by atoms with Crippen molar-refractivity contribution in [3.63, 3.8) is 0 Å². The van der Waals surface area contributed by atoms with Gasteiger partial charge in [0, 0.05) is 5.56 Å². The van der Waals surface area contributed by atoms with Gasteiger partial charge >= 0.3 is 0 Å². The van der Waals surface area contributed by atoms with Crippen LogP contribution in [0.2, 0.25) is 0 Å². The Labute approximate surface area is 110 Å². The normalized spacial score (nSPS) is 12.4. The molecule has 18 heavy (non-hydrogen) atoms. The van der Waals surface area contributed by atoms with E-state index in [1.54, 1.807) is 6.92 Å². The smallest absolute Gasteiger partial charge is 0.176 e. The molecule has 0 bridgehead atoms. The maximum atomic E-state index is 13.0. The molecule has 1 unspecified atom stereocenters. The fraction of sp³-hybridized carbons (Fsp3) is 0.182. The molecule has 1 aromatic carbocycles. The van der Waals surface area contributed by atoms with Gasteiger partial charge in [0.05, 0.1) is 5.25 Å². The lowest BCUT2D eigenvalue weighted by atomic mass is 10.1. The summed E-state index contributed by atoms with van der Waals surface area (Å²) in [6.07, 6.45) is 1.40. The maximum Gasteiger partial charge on any atom is 0.176 e. The molecule has 1 heterocycles. The standard InChI is InChI=1S/C11H8F2N2OS2/c1-6(17-11-14-5-15-18-11)10(16)7-2-3-8(12)9(13)4-7/h2-6H,1H3. The Balaban J connectivity index is 2.12. The topological polar surface area (TPSA) is 42.9 Å². The van der Waals surface area contributed by atoms with Crippen LogP contribution in [0.3, 0.4) is 0 Å². The van der Waals surface area contributed by atoms with E-state index < -0.39 is 16.9 Å². The maximum absolute atomic E-state index is 13.0. The minimum atomic E-state index is -1.02. The molecule has 2 aromatic rings. The molecule has 0 fully saturated rings. The van der Waals surface area contributed by atoms with Gasteiger partial charge in [0.25, 0.3) is 0 Å². The summed E-state index contributed by atoms with van der Waals surface area (Å²) in [5.74, 6) is -2.25. The zero-order valence-corrected chi connectivity index (χ0v) is 10.9. The number of rotatable bonds is 4. The molecule has 2 rings (SSSR count). The van der Waals surface area contributed by atoms with Gasteiger partial charge in [0.1, 0.15) is 6.33 Å². The molecule has 0 amide bonds. The quantitative estimate of drug-likeness (QED) is 0.639. The van der Waals surface area contributed by atoms with Crippen molar-refractivity contribution in [3.05, 3.63) is 41.7 Å². The van der Waals surface area contributed by atoms with Gasteiger partial charge in [0.2, 0.25) is 0 Å². The minimum absolute atomic E-state index is 0.151. The van der Waals surface area contributed by atoms with Crippen LogP contribution in [0.15, 0.2) is 28.9 Å². The van der Waals surface area contributed by atoms with Gasteiger partial charge in [-0.2, -0.15) is 4.37 Å². The number of carbonyl (C=O) groups is 1. The second-order valence-corrected chi connectivity index (χ2v) is 5.83. The number of hydrogen-bond acceptors (Lipinski definition) is 5. The minimum Gasteiger partial charge on any atom is -0.293 e. The highest BCUT2D eigenvalue weighted by Gasteiger charge is 2.19. The summed E-state index contributed by atoms with van der Waals surface area (Å²) in [5, 5.41) is -0.428. The third-order valence-electron chi connectivity index (χ3n) is 2.19. The van der Waals surface area contributed by atoms with Crippen LogP contribution < -0.4 is 0 Å². The highest BCUT2D eigenvalue weighted by molar-refractivity contribution is 8.02. The first-order valence-electron chi connectivity index (χ1n) is 5.00. The summed E-state index contributed by atoms with van der Waals surface area (Å²) in [4.78, 5) is 15.9. The fourth-order valence-electron chi connectivity index (χ4n) is 1.30. The molecule has 0 aliphatic heterocycles. The van der Waals surface area contributed by atoms with E-state index in [-0.39, 0.29) is 11.3 Å². The largest absolute Gasteiger partial charge is 0.293 e. The van der Waals surface area contributed by atoms with Crippen LogP contribution in [0.1, 0.15) is 17.3 Å². The first-order chi connectivity index (χ1) is 8.58. The lowest BCUT2D eigenvalue weighted by molar-refractivity contribution is 0.0993. The fourth-order valence-corrected chi connectivity index (χ4v) is 2.97. The Bertz CT molecular complexity index is 560. The molecule has 94 valence electrons. The molecule has 1 atom stereocenters. The van der Waals surface area contributed by atoms with Crippen molar-refractivity contribution in [1.82, 2.24) is 9.36 Å². The van der Waals surface area contributed by atoms with Gasteiger partial charge < -0.3 is 0 Å². The van der Waals surface area contributed by atoms with Crippen molar-refractivity contribution in [3.8, 4) is 0 Å². The van der Waals surface area contributed by atoms with Gasteiger partial charge in [-0.05, 0) is 36.7 Å². The van der Waals surface area contributed by atoms with E-state index in [0.29, 0.717) is 4.34 Å². The van der Waals surface area contributed by atoms with Crippen LogP contribution in [0, 0.1) is 11.6 Å². The van der Waals surface area contributed by atoms with E-state index in [9.17, 15) is 13.6 Å². The van der Waals surface area contributed by atoms with E-state index in [4.69, 9.17) is 0 Å². The molecule has 7 heteroatoms. The highest BCUT2D eigenvalue weighted by Crippen LogP contribution is 2.26. The second-order valence-electron chi connectivity index (χ2n) is 3.46. The highest BCUT2D eigenvalue weighted by atomic mass is 32.2. The number of ketones is 1. The molecular formula is C11H8F2N2OS2. The van der Waals surface area contributed by atoms with Gasteiger partial charge in [-0.25, -0.2) is 13.8 Å². The third kappa shape index (κ3) is 2.91. The molecule has 0 spiro atoms. The summed E-state index contributed by atoms with van der Waals surface area (Å²) in [6, 6.07) is 3.14. The molecule has 0 saturated heterocycles. The molecular weight excluding hydrogens is 278 g/mol. The summed E-state index contributed by atoms with van der Waals surface area (Å²) in [6.45, 7) is 1.69. The predicted molar refractivity (Wildman–Crippen MR) is 65.9 cm³/mol. The summed E-state index contributed by atoms with van der Waals surface area (Å²) >= 11 is 2.43. The monoisotopic (exact) mass is 286 g/mol. The van der Waals surface area contributed by atoms with Crippen LogP contribution in [0.4, 0.5) is 8.78 Å². The number of hydrogen-bond donors (Lipinski definition) is 0. The van der Waals surface area contributed by atoms with Crippen LogP contribution in [0.5, 0.6) is 0 Å². The van der Waals surface area contributed by atoms with Crippen LogP contribution in [-0.4, -0.2) is 20.4 Å². The Morgan fingerprint density at radius 3 is 2.78 bits per heavy atom. The lowest BCUT2D eigenvalue weighted by Crippen LogP contribution is -2.13. The molecule has 1 aromatic heterocycles. The van der Waals surface area contributed by atoms with Crippen LogP contribution >= 0.6 is 23.3 Å². The summed E-state index contributed by atoms with van der Waals surface area (Å²) < 4.78 is 30.3. The van der Waals surface area contributed by atoms with E-state index in [1.807, 2.05) is 0 Å².